The highest BCUT2D eigenvalue weighted by molar-refractivity contribution is 9.10. The molecule has 0 saturated heterocycles. The Hall–Kier alpha value is -1.03. The van der Waals surface area contributed by atoms with E-state index in [2.05, 4.69) is 22.9 Å². The number of esters is 1. The van der Waals surface area contributed by atoms with E-state index in [9.17, 15) is 4.79 Å². The summed E-state index contributed by atoms with van der Waals surface area (Å²) in [6.45, 7) is 2.77. The second-order valence-electron chi connectivity index (χ2n) is 4.29. The Labute approximate surface area is 109 Å². The van der Waals surface area contributed by atoms with Gasteiger partial charge in [0.15, 0.2) is 0 Å². The Morgan fingerprint density at radius 3 is 2.88 bits per heavy atom. The number of hydrogen-bond donors (Lipinski definition) is 0. The number of carbonyl (C=O) groups is 1. The van der Waals surface area contributed by atoms with Crippen LogP contribution in [0.4, 0.5) is 0 Å². The van der Waals surface area contributed by atoms with Crippen molar-refractivity contribution in [1.82, 2.24) is 0 Å². The van der Waals surface area contributed by atoms with Gasteiger partial charge >= 0.3 is 5.97 Å². The first-order chi connectivity index (χ1) is 8.16. The highest BCUT2D eigenvalue weighted by Gasteiger charge is 2.40. The van der Waals surface area contributed by atoms with Crippen molar-refractivity contribution in [2.24, 2.45) is 11.8 Å². The number of rotatable bonds is 5. The Bertz CT molecular complexity index is 405. The molecule has 2 rings (SSSR count). The molecule has 0 spiro atoms. The van der Waals surface area contributed by atoms with Gasteiger partial charge in [-0.1, -0.05) is 28.9 Å². The maximum Gasteiger partial charge on any atom is 0.309 e. The zero-order valence-electron chi connectivity index (χ0n) is 9.69. The van der Waals surface area contributed by atoms with Gasteiger partial charge in [0.2, 0.25) is 0 Å². The first-order valence-corrected chi connectivity index (χ1v) is 6.51. The Balaban J connectivity index is 1.64. The van der Waals surface area contributed by atoms with E-state index in [1.807, 2.05) is 24.3 Å². The van der Waals surface area contributed by atoms with E-state index < -0.39 is 0 Å². The fourth-order valence-corrected chi connectivity index (χ4v) is 1.99. The van der Waals surface area contributed by atoms with E-state index in [4.69, 9.17) is 9.47 Å². The topological polar surface area (TPSA) is 35.5 Å². The third-order valence-electron chi connectivity index (χ3n) is 2.80. The van der Waals surface area contributed by atoms with Gasteiger partial charge in [-0.05, 0) is 30.5 Å². The predicted octanol–water partition coefficient (Wildman–Crippen LogP) is 3.03. The van der Waals surface area contributed by atoms with Crippen LogP contribution in [0.3, 0.4) is 0 Å². The number of benzene rings is 1. The third kappa shape index (κ3) is 3.73. The summed E-state index contributed by atoms with van der Waals surface area (Å²) < 4.78 is 11.5. The van der Waals surface area contributed by atoms with Gasteiger partial charge in [-0.25, -0.2) is 0 Å². The molecule has 3 nitrogen and oxygen atoms in total. The molecule has 4 heteroatoms. The van der Waals surface area contributed by atoms with Crippen LogP contribution in [0.15, 0.2) is 28.7 Å². The lowest BCUT2D eigenvalue weighted by molar-refractivity contribution is -0.146. The molecular formula is C13H15BrO3. The molecule has 0 aliphatic heterocycles. The molecular weight excluding hydrogens is 284 g/mol. The summed E-state index contributed by atoms with van der Waals surface area (Å²) in [7, 11) is 0. The molecule has 1 fully saturated rings. The van der Waals surface area contributed by atoms with Crippen molar-refractivity contribution in [3.05, 3.63) is 28.7 Å². The van der Waals surface area contributed by atoms with Crippen LogP contribution in [-0.2, 0) is 9.53 Å². The van der Waals surface area contributed by atoms with Crippen LogP contribution in [0.1, 0.15) is 13.3 Å². The van der Waals surface area contributed by atoms with Crippen LogP contribution in [0.2, 0.25) is 0 Å². The molecule has 0 aromatic heterocycles. The van der Waals surface area contributed by atoms with Crippen molar-refractivity contribution < 1.29 is 14.3 Å². The van der Waals surface area contributed by atoms with Crippen molar-refractivity contribution >= 4 is 21.9 Å². The summed E-state index contributed by atoms with van der Waals surface area (Å²) in [5, 5.41) is 0. The van der Waals surface area contributed by atoms with Crippen LogP contribution < -0.4 is 4.74 Å². The Morgan fingerprint density at radius 1 is 1.47 bits per heavy atom. The van der Waals surface area contributed by atoms with Crippen LogP contribution in [-0.4, -0.2) is 19.2 Å². The first-order valence-electron chi connectivity index (χ1n) is 5.72. The molecule has 0 heterocycles. The molecule has 1 aliphatic carbocycles. The number of carbonyl (C=O) groups excluding carboxylic acids is 1. The summed E-state index contributed by atoms with van der Waals surface area (Å²) in [6, 6.07) is 7.58. The molecule has 17 heavy (non-hydrogen) atoms. The van der Waals surface area contributed by atoms with E-state index in [1.165, 1.54) is 0 Å². The summed E-state index contributed by atoms with van der Waals surface area (Å²) in [6.07, 6.45) is 0.964. The fraction of sp³-hybridized carbons (Fsp3) is 0.462. The fourth-order valence-electron chi connectivity index (χ4n) is 1.62. The Morgan fingerprint density at radius 2 is 2.24 bits per heavy atom. The van der Waals surface area contributed by atoms with Gasteiger partial charge in [-0.2, -0.15) is 0 Å². The van der Waals surface area contributed by atoms with Crippen LogP contribution in [0.5, 0.6) is 5.75 Å². The molecule has 1 saturated carbocycles. The molecule has 1 aromatic rings. The van der Waals surface area contributed by atoms with Crippen LogP contribution in [0, 0.1) is 11.8 Å². The lowest BCUT2D eigenvalue weighted by Gasteiger charge is -2.07. The summed E-state index contributed by atoms with van der Waals surface area (Å²) >= 11 is 3.36. The largest absolute Gasteiger partial charge is 0.490 e. The molecule has 0 amide bonds. The quantitative estimate of drug-likeness (QED) is 0.619. The van der Waals surface area contributed by atoms with Crippen molar-refractivity contribution in [3.63, 3.8) is 0 Å². The maximum atomic E-state index is 11.4. The minimum Gasteiger partial charge on any atom is -0.490 e. The lowest BCUT2D eigenvalue weighted by Crippen LogP contribution is -2.13. The van der Waals surface area contributed by atoms with Crippen molar-refractivity contribution in [2.75, 3.05) is 13.2 Å². The first kappa shape index (κ1) is 12.4. The highest BCUT2D eigenvalue weighted by atomic mass is 79.9. The predicted molar refractivity (Wildman–Crippen MR) is 67.9 cm³/mol. The molecule has 0 bridgehead atoms. The van der Waals surface area contributed by atoms with Crippen LogP contribution in [0.25, 0.3) is 0 Å². The van der Waals surface area contributed by atoms with E-state index >= 15 is 0 Å². The second kappa shape index (κ2) is 5.54. The number of ether oxygens (including phenoxy) is 2. The van der Waals surface area contributed by atoms with Crippen molar-refractivity contribution in [3.8, 4) is 5.75 Å². The zero-order chi connectivity index (χ0) is 12.3. The van der Waals surface area contributed by atoms with Gasteiger partial charge in [-0.15, -0.1) is 0 Å². The molecule has 1 aliphatic rings. The van der Waals surface area contributed by atoms with E-state index in [0.717, 1.165) is 16.6 Å². The minimum atomic E-state index is -0.0876. The molecule has 0 N–H and O–H groups in total. The van der Waals surface area contributed by atoms with E-state index in [1.54, 1.807) is 0 Å². The lowest BCUT2D eigenvalue weighted by atomic mass is 10.3. The van der Waals surface area contributed by atoms with Gasteiger partial charge in [-0.3, -0.25) is 4.79 Å². The van der Waals surface area contributed by atoms with Crippen molar-refractivity contribution in [1.29, 1.82) is 0 Å². The van der Waals surface area contributed by atoms with Gasteiger partial charge in [0, 0.05) is 4.47 Å². The molecule has 92 valence electrons. The summed E-state index contributed by atoms with van der Waals surface area (Å²) in [5.74, 6) is 1.31. The second-order valence-corrected chi connectivity index (χ2v) is 5.21. The average molecular weight is 299 g/mol. The molecule has 0 radical (unpaired) electrons. The van der Waals surface area contributed by atoms with E-state index in [0.29, 0.717) is 19.1 Å². The maximum absolute atomic E-state index is 11.4. The van der Waals surface area contributed by atoms with E-state index in [-0.39, 0.29) is 11.9 Å². The highest BCUT2D eigenvalue weighted by Crippen LogP contribution is 2.38. The van der Waals surface area contributed by atoms with Crippen molar-refractivity contribution in [2.45, 2.75) is 13.3 Å². The number of hydrogen-bond acceptors (Lipinski definition) is 3. The molecule has 2 atom stereocenters. The standard InChI is InChI=1S/C13H15BrO3/c1-9-7-12(9)13(15)17-6-5-16-11-4-2-3-10(14)8-11/h2-4,8-9,12H,5-7H2,1H3. The summed E-state index contributed by atoms with van der Waals surface area (Å²) in [4.78, 5) is 11.4. The minimum absolute atomic E-state index is 0.0876. The van der Waals surface area contributed by atoms with Gasteiger partial charge in [0.05, 0.1) is 5.92 Å². The molecule has 2 unspecified atom stereocenters. The smallest absolute Gasteiger partial charge is 0.309 e. The van der Waals surface area contributed by atoms with Gasteiger partial charge in [0.1, 0.15) is 19.0 Å². The van der Waals surface area contributed by atoms with Crippen LogP contribution >= 0.6 is 15.9 Å². The third-order valence-corrected chi connectivity index (χ3v) is 3.30. The SMILES string of the molecule is CC1CC1C(=O)OCCOc1cccc(Br)c1. The summed E-state index contributed by atoms with van der Waals surface area (Å²) in [5.41, 5.74) is 0. The molecule has 1 aromatic carbocycles. The van der Waals surface area contributed by atoms with Gasteiger partial charge in [0.25, 0.3) is 0 Å². The average Bonchev–Trinajstić information content (AvgIpc) is 3.02. The van der Waals surface area contributed by atoms with Gasteiger partial charge < -0.3 is 9.47 Å². The zero-order valence-corrected chi connectivity index (χ0v) is 11.3. The number of halogens is 1. The Kier molecular flexibility index (Phi) is 4.05. The normalized spacial score (nSPS) is 22.0. The monoisotopic (exact) mass is 298 g/mol.